The average molecular weight is 498 g/mol. The topological polar surface area (TPSA) is 88.2 Å². The Kier molecular flexibility index (Phi) is 6.74. The maximum absolute atomic E-state index is 13.8. The fourth-order valence-electron chi connectivity index (χ4n) is 4.89. The van der Waals surface area contributed by atoms with Crippen molar-refractivity contribution in [2.45, 2.75) is 25.0 Å². The van der Waals surface area contributed by atoms with E-state index in [2.05, 4.69) is 5.32 Å². The van der Waals surface area contributed by atoms with Crippen LogP contribution in [-0.2, 0) is 14.3 Å². The molecule has 3 aromatic rings. The van der Waals surface area contributed by atoms with Gasteiger partial charge in [0.15, 0.2) is 0 Å². The number of fused-ring (bicyclic) bond motifs is 1. The van der Waals surface area contributed by atoms with E-state index in [4.69, 9.17) is 9.47 Å². The maximum atomic E-state index is 13.8. The van der Waals surface area contributed by atoms with Gasteiger partial charge in [-0.2, -0.15) is 5.01 Å². The second-order valence-electron chi connectivity index (χ2n) is 8.72. The first-order chi connectivity index (χ1) is 18.0. The van der Waals surface area contributed by atoms with Crippen LogP contribution in [0.2, 0.25) is 0 Å². The third-order valence-electron chi connectivity index (χ3n) is 6.57. The highest BCUT2D eigenvalue weighted by atomic mass is 16.5. The van der Waals surface area contributed by atoms with Gasteiger partial charge in [0, 0.05) is 11.8 Å². The Bertz CT molecular complexity index is 1320. The highest BCUT2D eigenvalue weighted by Crippen LogP contribution is 2.48. The van der Waals surface area contributed by atoms with Gasteiger partial charge >= 0.3 is 5.97 Å². The van der Waals surface area contributed by atoms with Crippen molar-refractivity contribution in [1.29, 1.82) is 0 Å². The smallest absolute Gasteiger partial charge is 0.337 e. The zero-order chi connectivity index (χ0) is 25.9. The fourth-order valence-corrected chi connectivity index (χ4v) is 4.89. The number of amides is 2. The molecule has 2 aliphatic rings. The molecule has 37 heavy (non-hydrogen) atoms. The van der Waals surface area contributed by atoms with Gasteiger partial charge in [-0.3, -0.25) is 9.59 Å². The zero-order valence-corrected chi connectivity index (χ0v) is 20.5. The number of methoxy groups -OCH3 is 1. The van der Waals surface area contributed by atoms with E-state index >= 15 is 0 Å². The standard InChI is InChI=1S/C29H27N3O5/c1-3-37-29(35)23-18-31-28(34)24(30-27(33)21-12-8-5-9-13-21)26(19-10-6-4-7-11-19)32(31)25(23)20-14-16-22(36-2)17-15-20/h4-18,24-26H,3H2,1-2H3,(H,30,33)/t24-,25-,26+/m1/s1. The minimum absolute atomic E-state index is 0.206. The van der Waals surface area contributed by atoms with E-state index in [0.29, 0.717) is 16.9 Å². The molecule has 3 atom stereocenters. The van der Waals surface area contributed by atoms with Gasteiger partial charge in [0.1, 0.15) is 11.8 Å². The van der Waals surface area contributed by atoms with Crippen molar-refractivity contribution < 1.29 is 23.9 Å². The van der Waals surface area contributed by atoms with Crippen LogP contribution in [0.25, 0.3) is 0 Å². The molecule has 0 unspecified atom stereocenters. The molecular formula is C29H27N3O5. The lowest BCUT2D eigenvalue weighted by Gasteiger charge is -2.33. The van der Waals surface area contributed by atoms with Crippen LogP contribution >= 0.6 is 0 Å². The Morgan fingerprint density at radius 2 is 1.54 bits per heavy atom. The van der Waals surface area contributed by atoms with Crippen LogP contribution in [-0.4, -0.2) is 47.6 Å². The summed E-state index contributed by atoms with van der Waals surface area (Å²) in [4.78, 5) is 39.9. The van der Waals surface area contributed by atoms with E-state index in [1.54, 1.807) is 38.3 Å². The third-order valence-corrected chi connectivity index (χ3v) is 6.57. The molecule has 0 spiro atoms. The number of nitrogens with zero attached hydrogens (tertiary/aromatic N) is 2. The number of carbonyl (C=O) groups excluding carboxylic acids is 3. The minimum atomic E-state index is -0.879. The Hall–Kier alpha value is -4.43. The molecule has 0 radical (unpaired) electrons. The van der Waals surface area contributed by atoms with Crippen LogP contribution in [0.4, 0.5) is 0 Å². The molecule has 188 valence electrons. The first-order valence-corrected chi connectivity index (χ1v) is 12.1. The summed E-state index contributed by atoms with van der Waals surface area (Å²) in [5.41, 5.74) is 2.41. The molecule has 5 rings (SSSR count). The number of rotatable bonds is 7. The number of benzene rings is 3. The van der Waals surface area contributed by atoms with Crippen molar-refractivity contribution in [2.24, 2.45) is 0 Å². The van der Waals surface area contributed by atoms with E-state index in [9.17, 15) is 14.4 Å². The largest absolute Gasteiger partial charge is 0.497 e. The molecule has 1 saturated heterocycles. The quantitative estimate of drug-likeness (QED) is 0.500. The van der Waals surface area contributed by atoms with Crippen LogP contribution in [0.3, 0.4) is 0 Å². The number of carbonyl (C=O) groups is 3. The number of hydrogen-bond acceptors (Lipinski definition) is 6. The molecule has 1 fully saturated rings. The normalized spacial score (nSPS) is 20.8. The van der Waals surface area contributed by atoms with Gasteiger partial charge in [0.05, 0.1) is 31.4 Å². The Balaban J connectivity index is 1.60. The van der Waals surface area contributed by atoms with Gasteiger partial charge < -0.3 is 14.8 Å². The highest BCUT2D eigenvalue weighted by Gasteiger charge is 2.55. The van der Waals surface area contributed by atoms with Crippen LogP contribution in [0.1, 0.15) is 40.5 Å². The Morgan fingerprint density at radius 1 is 0.892 bits per heavy atom. The van der Waals surface area contributed by atoms with Crippen molar-refractivity contribution in [1.82, 2.24) is 15.3 Å². The highest BCUT2D eigenvalue weighted by molar-refractivity contribution is 5.99. The molecule has 0 bridgehead atoms. The number of hydrogen-bond donors (Lipinski definition) is 1. The summed E-state index contributed by atoms with van der Waals surface area (Å²) >= 11 is 0. The molecule has 2 amide bonds. The van der Waals surface area contributed by atoms with E-state index < -0.39 is 24.1 Å². The van der Waals surface area contributed by atoms with E-state index in [1.807, 2.05) is 65.7 Å². The predicted octanol–water partition coefficient (Wildman–Crippen LogP) is 3.80. The van der Waals surface area contributed by atoms with Crippen molar-refractivity contribution >= 4 is 17.8 Å². The summed E-state index contributed by atoms with van der Waals surface area (Å²) in [6.45, 7) is 1.95. The molecule has 2 aliphatic heterocycles. The molecule has 8 nitrogen and oxygen atoms in total. The van der Waals surface area contributed by atoms with Gasteiger partial charge in [-0.15, -0.1) is 0 Å². The Morgan fingerprint density at radius 3 is 2.16 bits per heavy atom. The molecule has 2 heterocycles. The lowest BCUT2D eigenvalue weighted by atomic mass is 9.93. The monoisotopic (exact) mass is 497 g/mol. The molecular weight excluding hydrogens is 470 g/mol. The van der Waals surface area contributed by atoms with Crippen molar-refractivity contribution in [3.63, 3.8) is 0 Å². The number of nitrogens with one attached hydrogen (secondary N) is 1. The summed E-state index contributed by atoms with van der Waals surface area (Å²) in [6, 6.07) is 23.5. The summed E-state index contributed by atoms with van der Waals surface area (Å²) in [6.07, 6.45) is 1.53. The SMILES string of the molecule is CCOC(=O)C1=CN2C(=O)[C@H](NC(=O)c3ccccc3)[C@H](c3ccccc3)N2[C@@H]1c1ccc(OC)cc1. The average Bonchev–Trinajstić information content (AvgIpc) is 3.45. The summed E-state index contributed by atoms with van der Waals surface area (Å²) < 4.78 is 10.7. The lowest BCUT2D eigenvalue weighted by molar-refractivity contribution is -0.140. The molecule has 3 aromatic carbocycles. The van der Waals surface area contributed by atoms with Crippen molar-refractivity contribution in [3.05, 3.63) is 113 Å². The van der Waals surface area contributed by atoms with E-state index in [1.165, 1.54) is 11.2 Å². The van der Waals surface area contributed by atoms with E-state index in [0.717, 1.165) is 11.1 Å². The van der Waals surface area contributed by atoms with Gasteiger partial charge in [0.2, 0.25) is 0 Å². The van der Waals surface area contributed by atoms with Gasteiger partial charge in [-0.1, -0.05) is 60.7 Å². The number of ether oxygens (including phenoxy) is 2. The minimum Gasteiger partial charge on any atom is -0.497 e. The van der Waals surface area contributed by atoms with Crippen LogP contribution < -0.4 is 10.1 Å². The molecule has 0 aliphatic carbocycles. The number of hydrazine groups is 1. The molecule has 8 heteroatoms. The fraction of sp³-hybridized carbons (Fsp3) is 0.207. The lowest BCUT2D eigenvalue weighted by Crippen LogP contribution is -2.43. The summed E-state index contributed by atoms with van der Waals surface area (Å²) in [5.74, 6) is -0.513. The molecule has 0 saturated carbocycles. The molecule has 1 N–H and O–H groups in total. The van der Waals surface area contributed by atoms with Gasteiger partial charge in [-0.25, -0.2) is 9.80 Å². The summed E-state index contributed by atoms with van der Waals surface area (Å²) in [5, 5.41) is 6.23. The second kappa shape index (κ2) is 10.3. The zero-order valence-electron chi connectivity index (χ0n) is 20.5. The van der Waals surface area contributed by atoms with E-state index in [-0.39, 0.29) is 18.4 Å². The van der Waals surface area contributed by atoms with Crippen LogP contribution in [0.5, 0.6) is 5.75 Å². The Labute approximate surface area is 215 Å². The third kappa shape index (κ3) is 4.47. The second-order valence-corrected chi connectivity index (χ2v) is 8.72. The van der Waals surface area contributed by atoms with Crippen molar-refractivity contribution in [3.8, 4) is 5.75 Å². The van der Waals surface area contributed by atoms with Crippen LogP contribution in [0, 0.1) is 0 Å². The first-order valence-electron chi connectivity index (χ1n) is 12.1. The van der Waals surface area contributed by atoms with Gasteiger partial charge in [-0.05, 0) is 42.3 Å². The number of esters is 1. The maximum Gasteiger partial charge on any atom is 0.337 e. The summed E-state index contributed by atoms with van der Waals surface area (Å²) in [7, 11) is 1.58. The predicted molar refractivity (Wildman–Crippen MR) is 136 cm³/mol. The van der Waals surface area contributed by atoms with Gasteiger partial charge in [0.25, 0.3) is 11.8 Å². The van der Waals surface area contributed by atoms with Crippen molar-refractivity contribution in [2.75, 3.05) is 13.7 Å². The van der Waals surface area contributed by atoms with Crippen LogP contribution in [0.15, 0.2) is 96.7 Å². The first kappa shape index (κ1) is 24.3. The molecule has 0 aromatic heterocycles.